The smallest absolute Gasteiger partial charge is 0.336 e. The molecule has 0 bridgehead atoms. The summed E-state index contributed by atoms with van der Waals surface area (Å²) >= 11 is 0. The van der Waals surface area contributed by atoms with Crippen molar-refractivity contribution in [3.63, 3.8) is 0 Å². The summed E-state index contributed by atoms with van der Waals surface area (Å²) in [6.45, 7) is 3.78. The van der Waals surface area contributed by atoms with Crippen LogP contribution < -0.4 is 5.32 Å². The van der Waals surface area contributed by atoms with Crippen LogP contribution in [0.1, 0.15) is 51.6 Å². The van der Waals surface area contributed by atoms with E-state index < -0.39 is 17.4 Å². The van der Waals surface area contributed by atoms with E-state index in [2.05, 4.69) is 31.0 Å². The van der Waals surface area contributed by atoms with Gasteiger partial charge >= 0.3 is 5.97 Å². The van der Waals surface area contributed by atoms with Crippen molar-refractivity contribution in [1.82, 2.24) is 40.8 Å². The molecule has 3 heterocycles. The lowest BCUT2D eigenvalue weighted by Crippen LogP contribution is -2.41. The molecule has 1 fully saturated rings. The maximum absolute atomic E-state index is 14.9. The molecule has 2 aliphatic rings. The molecule has 0 amide bonds. The molecule has 1 N–H and O–H groups in total. The van der Waals surface area contributed by atoms with Crippen LogP contribution in [0.4, 0.5) is 4.48 Å². The maximum atomic E-state index is 14.9. The van der Waals surface area contributed by atoms with Crippen LogP contribution in [-0.4, -0.2) is 66.5 Å². The summed E-state index contributed by atoms with van der Waals surface area (Å²) in [5.74, 6) is 0.0407. The highest BCUT2D eigenvalue weighted by molar-refractivity contribution is 5.90. The van der Waals surface area contributed by atoms with E-state index >= 15 is 0 Å². The highest BCUT2D eigenvalue weighted by Crippen LogP contribution is 2.40. The van der Waals surface area contributed by atoms with Crippen molar-refractivity contribution in [2.24, 2.45) is 5.41 Å². The predicted octanol–water partition coefficient (Wildman–Crippen LogP) is 1.47. The van der Waals surface area contributed by atoms with Crippen molar-refractivity contribution in [2.45, 2.75) is 64.6 Å². The zero-order chi connectivity index (χ0) is 23.4. The van der Waals surface area contributed by atoms with E-state index in [9.17, 15) is 14.1 Å². The van der Waals surface area contributed by atoms with E-state index in [0.29, 0.717) is 36.7 Å². The molecule has 33 heavy (non-hydrogen) atoms. The third-order valence-corrected chi connectivity index (χ3v) is 6.52. The van der Waals surface area contributed by atoms with Crippen molar-refractivity contribution in [3.05, 3.63) is 35.4 Å². The minimum absolute atomic E-state index is 0.0643. The van der Waals surface area contributed by atoms with Gasteiger partial charge in [-0.05, 0) is 68.5 Å². The standard InChI is InChI=1S/C21H27FN8O3/c1-14(30(22)18-11-33-20(32)15(18)2)9-21(12-31)7-5-16(6-8-21)23-10-17-3-4-19(26-25-17)29-13-24-27-28-29/h3-4,12-14,16,23H,5-11H2,1-2H3/t14-,16-,21-/m1/s1. The van der Waals surface area contributed by atoms with Crippen LogP contribution in [0.5, 0.6) is 0 Å². The molecule has 1 saturated carbocycles. The number of nitrogens with zero attached hydrogens (tertiary/aromatic N) is 7. The number of halogens is 1. The summed E-state index contributed by atoms with van der Waals surface area (Å²) in [4.78, 5) is 23.5. The molecule has 0 saturated heterocycles. The zero-order valence-electron chi connectivity index (χ0n) is 18.6. The Bertz CT molecular complexity index is 1000. The van der Waals surface area contributed by atoms with E-state index in [1.54, 1.807) is 19.9 Å². The van der Waals surface area contributed by atoms with Crippen molar-refractivity contribution in [1.29, 1.82) is 0 Å². The summed E-state index contributed by atoms with van der Waals surface area (Å²) < 4.78 is 21.2. The first kappa shape index (κ1) is 22.9. The molecule has 11 nitrogen and oxygen atoms in total. The second-order valence-electron chi connectivity index (χ2n) is 8.78. The van der Waals surface area contributed by atoms with Gasteiger partial charge in [0.25, 0.3) is 0 Å². The topological polar surface area (TPSA) is 128 Å². The van der Waals surface area contributed by atoms with Gasteiger partial charge in [0.15, 0.2) is 5.82 Å². The molecule has 176 valence electrons. The molecule has 12 heteroatoms. The summed E-state index contributed by atoms with van der Waals surface area (Å²) in [6.07, 6.45) is 5.76. The van der Waals surface area contributed by atoms with Crippen LogP contribution in [0.3, 0.4) is 0 Å². The highest BCUT2D eigenvalue weighted by atomic mass is 19.2. The largest absolute Gasteiger partial charge is 0.456 e. The van der Waals surface area contributed by atoms with Crippen LogP contribution in [-0.2, 0) is 20.9 Å². The minimum atomic E-state index is -0.576. The molecule has 1 atom stereocenters. The van der Waals surface area contributed by atoms with Crippen LogP contribution in [0.25, 0.3) is 5.82 Å². The number of aromatic nitrogens is 6. The number of cyclic esters (lactones) is 1. The number of carbonyl (C=O) groups excluding carboxylic acids is 2. The number of esters is 1. The molecular weight excluding hydrogens is 431 g/mol. The number of aldehydes is 1. The number of tetrazole rings is 1. The fourth-order valence-electron chi connectivity index (χ4n) is 4.48. The van der Waals surface area contributed by atoms with E-state index in [0.717, 1.165) is 24.8 Å². The van der Waals surface area contributed by atoms with Gasteiger partial charge in [0.2, 0.25) is 0 Å². The Morgan fingerprint density at radius 1 is 1.36 bits per heavy atom. The van der Waals surface area contributed by atoms with Crippen molar-refractivity contribution in [2.75, 3.05) is 6.61 Å². The molecular formula is C21H27FN8O3. The first-order chi connectivity index (χ1) is 15.9. The second-order valence-corrected chi connectivity index (χ2v) is 8.78. The van der Waals surface area contributed by atoms with Gasteiger partial charge in [-0.25, -0.2) is 9.92 Å². The quantitative estimate of drug-likeness (QED) is 0.335. The number of rotatable bonds is 9. The maximum Gasteiger partial charge on any atom is 0.336 e. The molecule has 0 unspecified atom stereocenters. The number of hydrogen-bond acceptors (Lipinski definition) is 10. The normalized spacial score (nSPS) is 24.0. The lowest BCUT2D eigenvalue weighted by Gasteiger charge is -2.39. The summed E-state index contributed by atoms with van der Waals surface area (Å²) in [5.41, 5.74) is 0.744. The third kappa shape index (κ3) is 5.05. The zero-order valence-corrected chi connectivity index (χ0v) is 18.6. The first-order valence-electron chi connectivity index (χ1n) is 11.0. The molecule has 0 radical (unpaired) electrons. The molecule has 0 spiro atoms. The van der Waals surface area contributed by atoms with Crippen LogP contribution in [0.15, 0.2) is 29.7 Å². The summed E-state index contributed by atoms with van der Waals surface area (Å²) in [5, 5.41) is 23.3. The second kappa shape index (κ2) is 9.69. The lowest BCUT2D eigenvalue weighted by atomic mass is 9.70. The van der Waals surface area contributed by atoms with Gasteiger partial charge in [0.1, 0.15) is 19.2 Å². The molecule has 1 aliphatic carbocycles. The monoisotopic (exact) mass is 458 g/mol. The number of nitrogens with one attached hydrogen (secondary N) is 1. The Morgan fingerprint density at radius 2 is 2.15 bits per heavy atom. The Kier molecular flexibility index (Phi) is 6.72. The van der Waals surface area contributed by atoms with E-state index in [-0.39, 0.29) is 23.9 Å². The summed E-state index contributed by atoms with van der Waals surface area (Å²) in [7, 11) is 0. The van der Waals surface area contributed by atoms with E-state index in [4.69, 9.17) is 4.74 Å². The van der Waals surface area contributed by atoms with Crippen molar-refractivity contribution >= 4 is 12.3 Å². The fourth-order valence-corrected chi connectivity index (χ4v) is 4.48. The van der Waals surface area contributed by atoms with Gasteiger partial charge in [0, 0.05) is 18.0 Å². The predicted molar refractivity (Wildman–Crippen MR) is 113 cm³/mol. The van der Waals surface area contributed by atoms with E-state index in [1.165, 1.54) is 11.0 Å². The van der Waals surface area contributed by atoms with Gasteiger partial charge in [-0.2, -0.15) is 9.78 Å². The van der Waals surface area contributed by atoms with Crippen LogP contribution >= 0.6 is 0 Å². The summed E-state index contributed by atoms with van der Waals surface area (Å²) in [6, 6.07) is 3.36. The molecule has 4 rings (SSSR count). The number of ether oxygens (including phenoxy) is 1. The van der Waals surface area contributed by atoms with E-state index in [1.807, 2.05) is 6.07 Å². The first-order valence-corrected chi connectivity index (χ1v) is 11.0. The van der Waals surface area contributed by atoms with Crippen molar-refractivity contribution in [3.8, 4) is 5.82 Å². The molecule has 1 aliphatic heterocycles. The van der Waals surface area contributed by atoms with Crippen molar-refractivity contribution < 1.29 is 18.8 Å². The van der Waals surface area contributed by atoms with Gasteiger partial charge < -0.3 is 14.8 Å². The lowest BCUT2D eigenvalue weighted by molar-refractivity contribution is -0.136. The van der Waals surface area contributed by atoms with Gasteiger partial charge in [0.05, 0.1) is 23.0 Å². The Morgan fingerprint density at radius 3 is 2.73 bits per heavy atom. The molecule has 2 aromatic rings. The molecule has 2 aromatic heterocycles. The Labute approximate surface area is 190 Å². The Balaban J connectivity index is 1.27. The highest BCUT2D eigenvalue weighted by Gasteiger charge is 2.39. The fraction of sp³-hybridized carbons (Fsp3) is 0.571. The minimum Gasteiger partial charge on any atom is -0.456 e. The number of carbonyl (C=O) groups is 2. The molecule has 0 aromatic carbocycles. The van der Waals surface area contributed by atoms with Gasteiger partial charge in [-0.1, -0.05) is 4.48 Å². The van der Waals surface area contributed by atoms with Crippen LogP contribution in [0.2, 0.25) is 0 Å². The third-order valence-electron chi connectivity index (χ3n) is 6.52. The van der Waals surface area contributed by atoms with Gasteiger partial charge in [-0.3, -0.25) is 0 Å². The van der Waals surface area contributed by atoms with Gasteiger partial charge in [-0.15, -0.1) is 10.2 Å². The van der Waals surface area contributed by atoms with Crippen LogP contribution in [0, 0.1) is 5.41 Å². The average Bonchev–Trinajstić information content (AvgIpc) is 3.49. The SMILES string of the molecule is CC1=C(N(F)[C@H](C)C[C@]2(C=O)CC[C@H](NCc3ccc(-n4cnnn4)nn3)CC2)COC1=O. The Hall–Kier alpha value is -3.28. The number of hydrogen-bond donors (Lipinski definition) is 1. The average molecular weight is 458 g/mol.